The van der Waals surface area contributed by atoms with Gasteiger partial charge < -0.3 is 19.5 Å². The van der Waals surface area contributed by atoms with Crippen molar-refractivity contribution in [3.05, 3.63) is 23.4 Å². The molecule has 1 N–H and O–H groups in total. The SMILES string of the molecule is COc1cc(C)nc(N(C)Cc2nnc3n2CCNC3=O)n1. The van der Waals surface area contributed by atoms with Crippen molar-refractivity contribution in [2.45, 2.75) is 20.0 Å². The summed E-state index contributed by atoms with van der Waals surface area (Å²) in [5.74, 6) is 1.90. The first-order valence-corrected chi connectivity index (χ1v) is 6.89. The maximum absolute atomic E-state index is 11.7. The van der Waals surface area contributed by atoms with Gasteiger partial charge in [-0.05, 0) is 6.92 Å². The molecule has 116 valence electrons. The van der Waals surface area contributed by atoms with Crippen molar-refractivity contribution in [3.63, 3.8) is 0 Å². The highest BCUT2D eigenvalue weighted by molar-refractivity contribution is 5.91. The third kappa shape index (κ3) is 2.57. The number of nitrogens with one attached hydrogen (secondary N) is 1. The Kier molecular flexibility index (Phi) is 3.61. The van der Waals surface area contributed by atoms with E-state index in [0.717, 1.165) is 5.69 Å². The number of nitrogens with zero attached hydrogens (tertiary/aromatic N) is 6. The van der Waals surface area contributed by atoms with Crippen LogP contribution in [0.15, 0.2) is 6.07 Å². The molecule has 0 spiro atoms. The summed E-state index contributed by atoms with van der Waals surface area (Å²) in [6, 6.07) is 1.76. The van der Waals surface area contributed by atoms with Crippen LogP contribution in [0.4, 0.5) is 5.95 Å². The Hall–Kier alpha value is -2.71. The fourth-order valence-electron chi connectivity index (χ4n) is 2.30. The summed E-state index contributed by atoms with van der Waals surface area (Å²) >= 11 is 0. The maximum Gasteiger partial charge on any atom is 0.289 e. The lowest BCUT2D eigenvalue weighted by molar-refractivity contribution is 0.0921. The molecule has 3 rings (SSSR count). The van der Waals surface area contributed by atoms with E-state index in [9.17, 15) is 4.79 Å². The van der Waals surface area contributed by atoms with Gasteiger partial charge in [0, 0.05) is 31.9 Å². The van der Waals surface area contributed by atoms with E-state index in [2.05, 4.69) is 25.5 Å². The molecule has 0 radical (unpaired) electrons. The molecule has 9 nitrogen and oxygen atoms in total. The van der Waals surface area contributed by atoms with Crippen LogP contribution in [0.25, 0.3) is 0 Å². The van der Waals surface area contributed by atoms with Crippen molar-refractivity contribution in [2.24, 2.45) is 0 Å². The van der Waals surface area contributed by atoms with E-state index in [1.807, 2.05) is 23.4 Å². The molecule has 0 unspecified atom stereocenters. The number of aromatic nitrogens is 5. The number of carbonyl (C=O) groups excluding carboxylic acids is 1. The van der Waals surface area contributed by atoms with E-state index in [-0.39, 0.29) is 5.91 Å². The van der Waals surface area contributed by atoms with Crippen LogP contribution in [0, 0.1) is 6.92 Å². The number of anilines is 1. The normalized spacial score (nSPS) is 13.5. The van der Waals surface area contributed by atoms with Crippen LogP contribution >= 0.6 is 0 Å². The molecule has 0 saturated heterocycles. The lowest BCUT2D eigenvalue weighted by Crippen LogP contribution is -2.36. The molecule has 0 aliphatic carbocycles. The summed E-state index contributed by atoms with van der Waals surface area (Å²) in [7, 11) is 3.43. The van der Waals surface area contributed by atoms with Gasteiger partial charge >= 0.3 is 0 Å². The molecule has 1 amide bonds. The van der Waals surface area contributed by atoms with E-state index in [1.54, 1.807) is 13.2 Å². The van der Waals surface area contributed by atoms with Crippen LogP contribution in [-0.4, -0.2) is 51.3 Å². The van der Waals surface area contributed by atoms with Gasteiger partial charge in [-0.25, -0.2) is 4.98 Å². The van der Waals surface area contributed by atoms with Crippen molar-refractivity contribution in [1.82, 2.24) is 30.0 Å². The molecule has 22 heavy (non-hydrogen) atoms. The number of fused-ring (bicyclic) bond motifs is 1. The van der Waals surface area contributed by atoms with Crippen LogP contribution in [0.1, 0.15) is 22.1 Å². The van der Waals surface area contributed by atoms with Gasteiger partial charge in [-0.1, -0.05) is 0 Å². The van der Waals surface area contributed by atoms with Crippen molar-refractivity contribution < 1.29 is 9.53 Å². The number of hydrogen-bond acceptors (Lipinski definition) is 7. The Morgan fingerprint density at radius 1 is 1.41 bits per heavy atom. The first kappa shape index (κ1) is 14.2. The van der Waals surface area contributed by atoms with Gasteiger partial charge in [0.15, 0.2) is 5.82 Å². The zero-order valence-corrected chi connectivity index (χ0v) is 12.7. The summed E-state index contributed by atoms with van der Waals surface area (Å²) in [6.07, 6.45) is 0. The van der Waals surface area contributed by atoms with E-state index >= 15 is 0 Å². The van der Waals surface area contributed by atoms with Crippen molar-refractivity contribution in [3.8, 4) is 5.88 Å². The van der Waals surface area contributed by atoms with E-state index in [1.165, 1.54) is 0 Å². The number of methoxy groups -OCH3 is 1. The average Bonchev–Trinajstić information content (AvgIpc) is 2.91. The predicted octanol–water partition coefficient (Wildman–Crippen LogP) is -0.235. The molecule has 1 aliphatic heterocycles. The summed E-state index contributed by atoms with van der Waals surface area (Å²) in [6.45, 7) is 3.57. The fraction of sp³-hybridized carbons (Fsp3) is 0.462. The Morgan fingerprint density at radius 2 is 2.23 bits per heavy atom. The van der Waals surface area contributed by atoms with E-state index in [4.69, 9.17) is 4.74 Å². The second-order valence-corrected chi connectivity index (χ2v) is 5.06. The Bertz CT molecular complexity index is 712. The van der Waals surface area contributed by atoms with Gasteiger partial charge in [0.1, 0.15) is 0 Å². The number of aryl methyl sites for hydroxylation is 1. The van der Waals surface area contributed by atoms with Crippen LogP contribution in [0.5, 0.6) is 5.88 Å². The molecular weight excluding hydrogens is 286 g/mol. The largest absolute Gasteiger partial charge is 0.481 e. The smallest absolute Gasteiger partial charge is 0.289 e. The monoisotopic (exact) mass is 303 g/mol. The van der Waals surface area contributed by atoms with Crippen molar-refractivity contribution in [1.29, 1.82) is 0 Å². The van der Waals surface area contributed by atoms with Gasteiger partial charge in [-0.3, -0.25) is 4.79 Å². The molecule has 3 heterocycles. The third-order valence-corrected chi connectivity index (χ3v) is 3.40. The summed E-state index contributed by atoms with van der Waals surface area (Å²) < 4.78 is 6.98. The van der Waals surface area contributed by atoms with Crippen molar-refractivity contribution >= 4 is 11.9 Å². The second kappa shape index (κ2) is 5.58. The summed E-state index contributed by atoms with van der Waals surface area (Å²) in [5, 5.41) is 10.8. The molecule has 0 bridgehead atoms. The minimum Gasteiger partial charge on any atom is -0.481 e. The van der Waals surface area contributed by atoms with Crippen LogP contribution in [0.2, 0.25) is 0 Å². The van der Waals surface area contributed by atoms with Gasteiger partial charge in [-0.2, -0.15) is 4.98 Å². The van der Waals surface area contributed by atoms with Crippen LogP contribution < -0.4 is 15.0 Å². The predicted molar refractivity (Wildman–Crippen MR) is 77.8 cm³/mol. The van der Waals surface area contributed by atoms with Gasteiger partial charge in [0.2, 0.25) is 17.7 Å². The number of amides is 1. The van der Waals surface area contributed by atoms with E-state index in [0.29, 0.717) is 43.1 Å². The van der Waals surface area contributed by atoms with Gasteiger partial charge in [0.25, 0.3) is 5.91 Å². The minimum absolute atomic E-state index is 0.193. The topological polar surface area (TPSA) is 98.1 Å². The van der Waals surface area contributed by atoms with Crippen molar-refractivity contribution in [2.75, 3.05) is 25.6 Å². The zero-order chi connectivity index (χ0) is 15.7. The number of carbonyl (C=O) groups is 1. The standard InChI is InChI=1S/C13H17N7O2/c1-8-6-10(22-3)16-13(15-8)19(2)7-9-17-18-11-12(21)14-4-5-20(9)11/h6H,4-5,7H2,1-3H3,(H,14,21). The molecule has 2 aromatic heterocycles. The minimum atomic E-state index is -0.193. The highest BCUT2D eigenvalue weighted by Gasteiger charge is 2.23. The number of hydrogen-bond donors (Lipinski definition) is 1. The maximum atomic E-state index is 11.7. The molecule has 0 aromatic carbocycles. The second-order valence-electron chi connectivity index (χ2n) is 5.06. The fourth-order valence-corrected chi connectivity index (χ4v) is 2.30. The molecule has 9 heteroatoms. The quantitative estimate of drug-likeness (QED) is 0.832. The van der Waals surface area contributed by atoms with Gasteiger partial charge in [-0.15, -0.1) is 10.2 Å². The molecular formula is C13H17N7O2. The van der Waals surface area contributed by atoms with Gasteiger partial charge in [0.05, 0.1) is 13.7 Å². The first-order chi connectivity index (χ1) is 10.6. The van der Waals surface area contributed by atoms with Crippen LogP contribution in [-0.2, 0) is 13.1 Å². The molecule has 0 saturated carbocycles. The lowest BCUT2D eigenvalue weighted by atomic mass is 10.4. The Morgan fingerprint density at radius 3 is 3.00 bits per heavy atom. The highest BCUT2D eigenvalue weighted by Crippen LogP contribution is 2.16. The summed E-state index contributed by atoms with van der Waals surface area (Å²) in [4.78, 5) is 22.2. The molecule has 0 fully saturated rings. The van der Waals surface area contributed by atoms with E-state index < -0.39 is 0 Å². The molecule has 0 atom stereocenters. The third-order valence-electron chi connectivity index (χ3n) is 3.40. The molecule has 2 aromatic rings. The highest BCUT2D eigenvalue weighted by atomic mass is 16.5. The lowest BCUT2D eigenvalue weighted by Gasteiger charge is -2.20. The Balaban J connectivity index is 1.84. The molecule has 1 aliphatic rings. The first-order valence-electron chi connectivity index (χ1n) is 6.89. The summed E-state index contributed by atoms with van der Waals surface area (Å²) in [5.41, 5.74) is 0.816. The zero-order valence-electron chi connectivity index (χ0n) is 12.7. The Labute approximate surface area is 127 Å². The number of ether oxygens (including phenoxy) is 1. The van der Waals surface area contributed by atoms with Crippen LogP contribution in [0.3, 0.4) is 0 Å². The average molecular weight is 303 g/mol. The number of rotatable bonds is 4.